The summed E-state index contributed by atoms with van der Waals surface area (Å²) >= 11 is 0. The van der Waals surface area contributed by atoms with Gasteiger partial charge in [-0.3, -0.25) is 11.3 Å². The molecule has 1 unspecified atom stereocenters. The Morgan fingerprint density at radius 2 is 1.84 bits per heavy atom. The highest BCUT2D eigenvalue weighted by atomic mass is 16.5. The van der Waals surface area contributed by atoms with E-state index in [1.165, 1.54) is 31.2 Å². The second-order valence-corrected chi connectivity index (χ2v) is 5.67. The van der Waals surface area contributed by atoms with Crippen molar-refractivity contribution in [3.05, 3.63) is 29.8 Å². The van der Waals surface area contributed by atoms with Gasteiger partial charge in [0.2, 0.25) is 0 Å². The Bertz CT molecular complexity index is 369. The highest BCUT2D eigenvalue weighted by molar-refractivity contribution is 5.29. The molecule has 2 rings (SSSR count). The summed E-state index contributed by atoms with van der Waals surface area (Å²) in [6.45, 7) is 5.05. The second kappa shape index (κ2) is 6.92. The molecule has 3 N–H and O–H groups in total. The highest BCUT2D eigenvalue weighted by Gasteiger charge is 2.26. The number of nitrogens with two attached hydrogens (primary N) is 1. The Morgan fingerprint density at radius 1 is 1.21 bits per heavy atom. The average molecular weight is 262 g/mol. The van der Waals surface area contributed by atoms with Crippen LogP contribution in [0.5, 0.6) is 5.75 Å². The topological polar surface area (TPSA) is 47.3 Å². The van der Waals surface area contributed by atoms with E-state index in [1.807, 2.05) is 19.1 Å². The molecule has 0 aromatic heterocycles. The summed E-state index contributed by atoms with van der Waals surface area (Å²) in [5.74, 6) is 8.24. The first kappa shape index (κ1) is 14.4. The van der Waals surface area contributed by atoms with E-state index >= 15 is 0 Å². The molecule has 1 aromatic rings. The number of hydrogen-bond acceptors (Lipinski definition) is 3. The van der Waals surface area contributed by atoms with Crippen molar-refractivity contribution in [3.8, 4) is 5.75 Å². The van der Waals surface area contributed by atoms with Gasteiger partial charge in [-0.15, -0.1) is 0 Å². The predicted octanol–water partition coefficient (Wildman–Crippen LogP) is 3.42. The van der Waals surface area contributed by atoms with E-state index in [2.05, 4.69) is 24.5 Å². The molecule has 0 bridgehead atoms. The maximum absolute atomic E-state index is 5.79. The quantitative estimate of drug-likeness (QED) is 0.631. The van der Waals surface area contributed by atoms with Gasteiger partial charge < -0.3 is 4.74 Å². The second-order valence-electron chi connectivity index (χ2n) is 5.67. The van der Waals surface area contributed by atoms with E-state index in [-0.39, 0.29) is 6.04 Å². The van der Waals surface area contributed by atoms with Gasteiger partial charge in [0, 0.05) is 6.04 Å². The molecular formula is C16H26N2O. The van der Waals surface area contributed by atoms with Gasteiger partial charge in [-0.1, -0.05) is 31.9 Å². The number of rotatable bonds is 5. The number of benzene rings is 1. The third-order valence-electron chi connectivity index (χ3n) is 4.26. The zero-order chi connectivity index (χ0) is 13.7. The van der Waals surface area contributed by atoms with Crippen LogP contribution >= 0.6 is 0 Å². The normalized spacial score (nSPS) is 25.0. The van der Waals surface area contributed by atoms with Crippen LogP contribution in [0, 0.1) is 11.8 Å². The fraction of sp³-hybridized carbons (Fsp3) is 0.625. The van der Waals surface area contributed by atoms with Crippen molar-refractivity contribution in [2.45, 2.75) is 45.6 Å². The summed E-state index contributed by atoms with van der Waals surface area (Å²) in [5.41, 5.74) is 4.28. The Morgan fingerprint density at radius 3 is 2.37 bits per heavy atom. The van der Waals surface area contributed by atoms with Gasteiger partial charge >= 0.3 is 0 Å². The molecule has 0 heterocycles. The average Bonchev–Trinajstić information content (AvgIpc) is 2.44. The van der Waals surface area contributed by atoms with Crippen molar-refractivity contribution >= 4 is 0 Å². The van der Waals surface area contributed by atoms with Gasteiger partial charge in [-0.2, -0.15) is 0 Å². The Kier molecular flexibility index (Phi) is 5.23. The van der Waals surface area contributed by atoms with Crippen LogP contribution in [0.2, 0.25) is 0 Å². The van der Waals surface area contributed by atoms with E-state index in [4.69, 9.17) is 10.6 Å². The summed E-state index contributed by atoms with van der Waals surface area (Å²) < 4.78 is 5.48. The molecule has 3 heteroatoms. The molecule has 1 aliphatic carbocycles. The summed E-state index contributed by atoms with van der Waals surface area (Å²) in [6, 6.07) is 8.60. The van der Waals surface area contributed by atoms with Crippen LogP contribution in [0.1, 0.15) is 51.1 Å². The van der Waals surface area contributed by atoms with Gasteiger partial charge in [0.15, 0.2) is 0 Å². The molecular weight excluding hydrogens is 236 g/mol. The van der Waals surface area contributed by atoms with Crippen molar-refractivity contribution in [1.82, 2.24) is 5.43 Å². The van der Waals surface area contributed by atoms with E-state index < -0.39 is 0 Å². The minimum atomic E-state index is 0.267. The van der Waals surface area contributed by atoms with Gasteiger partial charge in [0.1, 0.15) is 5.75 Å². The molecule has 1 aliphatic rings. The molecule has 1 saturated carbocycles. The minimum absolute atomic E-state index is 0.267. The lowest BCUT2D eigenvalue weighted by Crippen LogP contribution is -2.35. The van der Waals surface area contributed by atoms with Gasteiger partial charge in [0.05, 0.1) is 6.61 Å². The largest absolute Gasteiger partial charge is 0.494 e. The third kappa shape index (κ3) is 3.71. The molecule has 19 heavy (non-hydrogen) atoms. The number of nitrogens with one attached hydrogen (secondary N) is 1. The van der Waals surface area contributed by atoms with Crippen LogP contribution in [0.4, 0.5) is 0 Å². The number of hydrogen-bond donors (Lipinski definition) is 2. The van der Waals surface area contributed by atoms with Gasteiger partial charge in [-0.25, -0.2) is 0 Å². The lowest BCUT2D eigenvalue weighted by atomic mass is 9.77. The van der Waals surface area contributed by atoms with E-state index in [9.17, 15) is 0 Å². The zero-order valence-corrected chi connectivity index (χ0v) is 12.1. The third-order valence-corrected chi connectivity index (χ3v) is 4.26. The van der Waals surface area contributed by atoms with Crippen molar-refractivity contribution in [3.63, 3.8) is 0 Å². The summed E-state index contributed by atoms with van der Waals surface area (Å²) in [5, 5.41) is 0. The van der Waals surface area contributed by atoms with E-state index in [0.717, 1.165) is 11.7 Å². The maximum atomic E-state index is 5.79. The predicted molar refractivity (Wildman–Crippen MR) is 78.8 cm³/mol. The number of hydrazine groups is 1. The molecule has 1 atom stereocenters. The highest BCUT2D eigenvalue weighted by Crippen LogP contribution is 2.36. The van der Waals surface area contributed by atoms with Crippen LogP contribution in [0.3, 0.4) is 0 Å². The fourth-order valence-electron chi connectivity index (χ4n) is 3.06. The van der Waals surface area contributed by atoms with E-state index in [0.29, 0.717) is 12.5 Å². The van der Waals surface area contributed by atoms with Crippen LogP contribution in [-0.4, -0.2) is 6.61 Å². The van der Waals surface area contributed by atoms with Crippen LogP contribution in [-0.2, 0) is 0 Å². The molecule has 1 aromatic carbocycles. The van der Waals surface area contributed by atoms with Crippen molar-refractivity contribution in [1.29, 1.82) is 0 Å². The number of ether oxygens (including phenoxy) is 1. The van der Waals surface area contributed by atoms with Crippen LogP contribution < -0.4 is 16.0 Å². The smallest absolute Gasteiger partial charge is 0.119 e. The van der Waals surface area contributed by atoms with Crippen molar-refractivity contribution in [2.75, 3.05) is 6.61 Å². The summed E-state index contributed by atoms with van der Waals surface area (Å²) in [7, 11) is 0. The van der Waals surface area contributed by atoms with Gasteiger partial charge in [0.25, 0.3) is 0 Å². The lowest BCUT2D eigenvalue weighted by molar-refractivity contribution is 0.232. The standard InChI is InChI=1S/C16H26N2O/c1-3-19-15-10-8-14(9-11-15)16(18-17)13-6-4-12(2)5-7-13/h8-13,16,18H,3-7,17H2,1-2H3. The first-order valence-electron chi connectivity index (χ1n) is 7.43. The zero-order valence-electron chi connectivity index (χ0n) is 12.1. The van der Waals surface area contributed by atoms with Crippen molar-refractivity contribution < 1.29 is 4.74 Å². The molecule has 0 spiro atoms. The Labute approximate surface area is 116 Å². The molecule has 0 aliphatic heterocycles. The maximum Gasteiger partial charge on any atom is 0.119 e. The van der Waals surface area contributed by atoms with E-state index in [1.54, 1.807) is 0 Å². The molecule has 106 valence electrons. The fourth-order valence-corrected chi connectivity index (χ4v) is 3.06. The monoisotopic (exact) mass is 262 g/mol. The summed E-state index contributed by atoms with van der Waals surface area (Å²) in [6.07, 6.45) is 5.17. The summed E-state index contributed by atoms with van der Waals surface area (Å²) in [4.78, 5) is 0. The Hall–Kier alpha value is -1.06. The molecule has 0 saturated heterocycles. The molecule has 0 amide bonds. The molecule has 1 fully saturated rings. The SMILES string of the molecule is CCOc1ccc(C(NN)C2CCC(C)CC2)cc1. The minimum Gasteiger partial charge on any atom is -0.494 e. The first-order chi connectivity index (χ1) is 9.24. The van der Waals surface area contributed by atoms with Gasteiger partial charge in [-0.05, 0) is 49.3 Å². The Balaban J connectivity index is 2.04. The lowest BCUT2D eigenvalue weighted by Gasteiger charge is -2.32. The molecule has 3 nitrogen and oxygen atoms in total. The van der Waals surface area contributed by atoms with Crippen LogP contribution in [0.15, 0.2) is 24.3 Å². The van der Waals surface area contributed by atoms with Crippen molar-refractivity contribution in [2.24, 2.45) is 17.7 Å². The van der Waals surface area contributed by atoms with Crippen LogP contribution in [0.25, 0.3) is 0 Å². The first-order valence-corrected chi connectivity index (χ1v) is 7.43. The molecule has 0 radical (unpaired) electrons.